The van der Waals surface area contributed by atoms with Crippen molar-refractivity contribution in [3.05, 3.63) is 24.0 Å². The highest BCUT2D eigenvalue weighted by Gasteiger charge is 2.01. The summed E-state index contributed by atoms with van der Waals surface area (Å²) in [6, 6.07) is 4.24. The Morgan fingerprint density at radius 2 is 2.38 bits per heavy atom. The Balaban J connectivity index is 2.50. The first kappa shape index (κ1) is 9.99. The first-order chi connectivity index (χ1) is 6.24. The van der Waals surface area contributed by atoms with Gasteiger partial charge in [0.2, 0.25) is 0 Å². The standard InChI is InChI=1S/C10H17N3/c1-3-8(2)13-7-10-9(11)5-4-6-12-10/h4-6,8,13H,3,7,11H2,1-2H3. The Morgan fingerprint density at radius 3 is 3.00 bits per heavy atom. The number of nitrogen functional groups attached to an aromatic ring is 1. The predicted octanol–water partition coefficient (Wildman–Crippen LogP) is 1.55. The number of rotatable bonds is 4. The summed E-state index contributed by atoms with van der Waals surface area (Å²) < 4.78 is 0. The minimum absolute atomic E-state index is 0.515. The maximum Gasteiger partial charge on any atom is 0.0770 e. The van der Waals surface area contributed by atoms with Gasteiger partial charge in [-0.2, -0.15) is 0 Å². The molecule has 3 heteroatoms. The molecule has 3 N–H and O–H groups in total. The zero-order valence-corrected chi connectivity index (χ0v) is 8.25. The van der Waals surface area contributed by atoms with Crippen LogP contribution in [0, 0.1) is 0 Å². The molecular formula is C10H17N3. The van der Waals surface area contributed by atoms with Crippen LogP contribution in [-0.4, -0.2) is 11.0 Å². The number of hydrogen-bond acceptors (Lipinski definition) is 3. The van der Waals surface area contributed by atoms with Gasteiger partial charge < -0.3 is 11.1 Å². The first-order valence-electron chi connectivity index (χ1n) is 4.66. The van der Waals surface area contributed by atoms with Crippen LogP contribution in [0.4, 0.5) is 5.69 Å². The average Bonchev–Trinajstić information content (AvgIpc) is 2.16. The maximum absolute atomic E-state index is 5.75. The van der Waals surface area contributed by atoms with Gasteiger partial charge in [0.1, 0.15) is 0 Å². The summed E-state index contributed by atoms with van der Waals surface area (Å²) in [5.74, 6) is 0. The van der Waals surface area contributed by atoms with Crippen molar-refractivity contribution in [1.29, 1.82) is 0 Å². The van der Waals surface area contributed by atoms with Crippen molar-refractivity contribution >= 4 is 5.69 Å². The molecule has 1 aromatic heterocycles. The minimum Gasteiger partial charge on any atom is -0.397 e. The summed E-state index contributed by atoms with van der Waals surface area (Å²) in [7, 11) is 0. The van der Waals surface area contributed by atoms with Crippen molar-refractivity contribution in [3.63, 3.8) is 0 Å². The van der Waals surface area contributed by atoms with E-state index in [0.717, 1.165) is 24.3 Å². The fourth-order valence-corrected chi connectivity index (χ4v) is 1.01. The number of hydrogen-bond donors (Lipinski definition) is 2. The highest BCUT2D eigenvalue weighted by atomic mass is 14.9. The molecule has 13 heavy (non-hydrogen) atoms. The smallest absolute Gasteiger partial charge is 0.0770 e. The fraction of sp³-hybridized carbons (Fsp3) is 0.500. The number of pyridine rings is 1. The van der Waals surface area contributed by atoms with Gasteiger partial charge in [-0.25, -0.2) is 0 Å². The molecule has 0 aliphatic heterocycles. The van der Waals surface area contributed by atoms with Gasteiger partial charge >= 0.3 is 0 Å². The summed E-state index contributed by atoms with van der Waals surface area (Å²) in [5, 5.41) is 3.35. The van der Waals surface area contributed by atoms with E-state index in [9.17, 15) is 0 Å². The second-order valence-corrected chi connectivity index (χ2v) is 3.23. The molecule has 0 spiro atoms. The molecule has 0 bridgehead atoms. The molecule has 0 saturated heterocycles. The van der Waals surface area contributed by atoms with Crippen molar-refractivity contribution in [3.8, 4) is 0 Å². The third-order valence-electron chi connectivity index (χ3n) is 2.16. The van der Waals surface area contributed by atoms with Crippen molar-refractivity contribution in [1.82, 2.24) is 10.3 Å². The molecule has 72 valence electrons. The van der Waals surface area contributed by atoms with Crippen molar-refractivity contribution in [2.24, 2.45) is 0 Å². The largest absolute Gasteiger partial charge is 0.397 e. The van der Waals surface area contributed by atoms with Gasteiger partial charge in [-0.05, 0) is 25.5 Å². The summed E-state index contributed by atoms with van der Waals surface area (Å²) in [4.78, 5) is 4.20. The van der Waals surface area contributed by atoms with E-state index < -0.39 is 0 Å². The molecule has 0 saturated carbocycles. The second kappa shape index (κ2) is 4.82. The van der Waals surface area contributed by atoms with Crippen LogP contribution in [-0.2, 0) is 6.54 Å². The second-order valence-electron chi connectivity index (χ2n) is 3.23. The quantitative estimate of drug-likeness (QED) is 0.737. The normalized spacial score (nSPS) is 12.8. The van der Waals surface area contributed by atoms with Crippen LogP contribution < -0.4 is 11.1 Å². The molecule has 3 nitrogen and oxygen atoms in total. The van der Waals surface area contributed by atoms with Crippen LogP contribution in [0.1, 0.15) is 26.0 Å². The lowest BCUT2D eigenvalue weighted by Crippen LogP contribution is -2.25. The summed E-state index contributed by atoms with van der Waals surface area (Å²) in [5.41, 5.74) is 7.44. The van der Waals surface area contributed by atoms with E-state index in [1.54, 1.807) is 6.20 Å². The highest BCUT2D eigenvalue weighted by Crippen LogP contribution is 2.06. The Morgan fingerprint density at radius 1 is 1.62 bits per heavy atom. The van der Waals surface area contributed by atoms with E-state index in [2.05, 4.69) is 24.1 Å². The molecule has 0 aliphatic rings. The van der Waals surface area contributed by atoms with Gasteiger partial charge in [0, 0.05) is 18.8 Å². The van der Waals surface area contributed by atoms with Crippen LogP contribution in [0.5, 0.6) is 0 Å². The third-order valence-corrected chi connectivity index (χ3v) is 2.16. The van der Waals surface area contributed by atoms with E-state index >= 15 is 0 Å². The van der Waals surface area contributed by atoms with Crippen LogP contribution in [0.3, 0.4) is 0 Å². The van der Waals surface area contributed by atoms with Gasteiger partial charge in [0.15, 0.2) is 0 Å². The predicted molar refractivity (Wildman–Crippen MR) is 55.2 cm³/mol. The van der Waals surface area contributed by atoms with Gasteiger partial charge in [0.25, 0.3) is 0 Å². The molecule has 0 fully saturated rings. The molecule has 1 rings (SSSR count). The average molecular weight is 179 g/mol. The lowest BCUT2D eigenvalue weighted by atomic mass is 10.2. The van der Waals surface area contributed by atoms with E-state index in [4.69, 9.17) is 5.73 Å². The Hall–Kier alpha value is -1.09. The monoisotopic (exact) mass is 179 g/mol. The number of nitrogens with one attached hydrogen (secondary N) is 1. The van der Waals surface area contributed by atoms with E-state index in [-0.39, 0.29) is 0 Å². The van der Waals surface area contributed by atoms with E-state index in [1.165, 1.54) is 0 Å². The van der Waals surface area contributed by atoms with Crippen LogP contribution in [0.25, 0.3) is 0 Å². The summed E-state index contributed by atoms with van der Waals surface area (Å²) >= 11 is 0. The van der Waals surface area contributed by atoms with Crippen molar-refractivity contribution < 1.29 is 0 Å². The molecule has 1 unspecified atom stereocenters. The van der Waals surface area contributed by atoms with Crippen molar-refractivity contribution in [2.45, 2.75) is 32.9 Å². The zero-order chi connectivity index (χ0) is 9.68. The Bertz CT molecular complexity index is 260. The highest BCUT2D eigenvalue weighted by molar-refractivity contribution is 5.41. The van der Waals surface area contributed by atoms with Gasteiger partial charge in [-0.15, -0.1) is 0 Å². The van der Waals surface area contributed by atoms with Crippen molar-refractivity contribution in [2.75, 3.05) is 5.73 Å². The molecule has 1 aromatic rings. The molecular weight excluding hydrogens is 162 g/mol. The molecule has 0 amide bonds. The van der Waals surface area contributed by atoms with Gasteiger partial charge in [-0.3, -0.25) is 4.98 Å². The number of nitrogens with two attached hydrogens (primary N) is 1. The summed E-state index contributed by atoms with van der Waals surface area (Å²) in [6.45, 7) is 5.06. The van der Waals surface area contributed by atoms with Crippen LogP contribution in [0.15, 0.2) is 18.3 Å². The number of aromatic nitrogens is 1. The third kappa shape index (κ3) is 3.03. The van der Waals surface area contributed by atoms with Gasteiger partial charge in [-0.1, -0.05) is 6.92 Å². The first-order valence-corrected chi connectivity index (χ1v) is 4.66. The molecule has 0 aliphatic carbocycles. The van der Waals surface area contributed by atoms with E-state index in [0.29, 0.717) is 6.04 Å². The van der Waals surface area contributed by atoms with Gasteiger partial charge in [0.05, 0.1) is 11.4 Å². The maximum atomic E-state index is 5.75. The summed E-state index contributed by atoms with van der Waals surface area (Å²) in [6.07, 6.45) is 2.89. The topological polar surface area (TPSA) is 50.9 Å². The SMILES string of the molecule is CCC(C)NCc1ncccc1N. The lowest BCUT2D eigenvalue weighted by Gasteiger charge is -2.11. The number of nitrogens with zero attached hydrogens (tertiary/aromatic N) is 1. The molecule has 1 heterocycles. The molecule has 0 radical (unpaired) electrons. The van der Waals surface area contributed by atoms with Crippen LogP contribution in [0.2, 0.25) is 0 Å². The lowest BCUT2D eigenvalue weighted by molar-refractivity contribution is 0.530. The number of anilines is 1. The van der Waals surface area contributed by atoms with Crippen LogP contribution >= 0.6 is 0 Å². The molecule has 1 atom stereocenters. The fourth-order valence-electron chi connectivity index (χ4n) is 1.01. The minimum atomic E-state index is 0.515. The Kier molecular flexibility index (Phi) is 3.71. The Labute approximate surface area is 79.4 Å². The molecule has 0 aromatic carbocycles. The zero-order valence-electron chi connectivity index (χ0n) is 8.25. The van der Waals surface area contributed by atoms with E-state index in [1.807, 2.05) is 12.1 Å².